The number of rotatable bonds is 5. The first-order valence-corrected chi connectivity index (χ1v) is 8.38. The van der Waals surface area contributed by atoms with Crippen molar-refractivity contribution in [3.8, 4) is 0 Å². The minimum Gasteiger partial charge on any atom is -0.377 e. The minimum atomic E-state index is 0.343. The number of fused-ring (bicyclic) bond motifs is 1. The predicted octanol–water partition coefficient (Wildman–Crippen LogP) is 3.39. The van der Waals surface area contributed by atoms with Crippen molar-refractivity contribution in [1.29, 1.82) is 0 Å². The molecule has 1 aromatic heterocycles. The molecule has 2 atom stereocenters. The highest BCUT2D eigenvalue weighted by atomic mass is 32.1. The van der Waals surface area contributed by atoms with Gasteiger partial charge in [0.15, 0.2) is 0 Å². The number of likely N-dealkylation sites (N-methyl/N-ethyl adjacent to an activating group) is 1. The Kier molecular flexibility index (Phi) is 4.65. The number of para-hydroxylation sites is 1. The summed E-state index contributed by atoms with van der Waals surface area (Å²) in [7, 11) is 0. The SMILES string of the molecule is CCNC(Cc1nc2ccccc2s1)C1CCCCO1. The van der Waals surface area contributed by atoms with Gasteiger partial charge in [-0.15, -0.1) is 11.3 Å². The molecule has 0 radical (unpaired) electrons. The molecule has 0 aliphatic carbocycles. The number of hydrogen-bond donors (Lipinski definition) is 1. The number of nitrogens with one attached hydrogen (secondary N) is 1. The summed E-state index contributed by atoms with van der Waals surface area (Å²) in [6, 6.07) is 8.76. The first kappa shape index (κ1) is 14.0. The molecule has 4 heteroatoms. The van der Waals surface area contributed by atoms with E-state index >= 15 is 0 Å². The summed E-state index contributed by atoms with van der Waals surface area (Å²) in [4.78, 5) is 4.75. The zero-order chi connectivity index (χ0) is 13.8. The van der Waals surface area contributed by atoms with E-state index in [4.69, 9.17) is 9.72 Å². The van der Waals surface area contributed by atoms with Crippen molar-refractivity contribution in [2.24, 2.45) is 0 Å². The van der Waals surface area contributed by atoms with Gasteiger partial charge in [0.1, 0.15) is 0 Å². The van der Waals surface area contributed by atoms with Gasteiger partial charge >= 0.3 is 0 Å². The Morgan fingerprint density at radius 1 is 1.40 bits per heavy atom. The Morgan fingerprint density at radius 3 is 3.05 bits per heavy atom. The third kappa shape index (κ3) is 3.19. The molecule has 1 fully saturated rings. The Balaban J connectivity index is 1.74. The number of thiazole rings is 1. The average molecular weight is 290 g/mol. The maximum Gasteiger partial charge on any atom is 0.0955 e. The van der Waals surface area contributed by atoms with E-state index in [2.05, 4.69) is 36.5 Å². The highest BCUT2D eigenvalue weighted by Crippen LogP contribution is 2.25. The predicted molar refractivity (Wildman–Crippen MR) is 84.4 cm³/mol. The van der Waals surface area contributed by atoms with Crippen LogP contribution >= 0.6 is 11.3 Å². The summed E-state index contributed by atoms with van der Waals surface area (Å²) in [5.41, 5.74) is 1.12. The van der Waals surface area contributed by atoms with Crippen LogP contribution in [0, 0.1) is 0 Å². The van der Waals surface area contributed by atoms with Crippen LogP contribution in [0.4, 0.5) is 0 Å². The topological polar surface area (TPSA) is 34.2 Å². The fraction of sp³-hybridized carbons (Fsp3) is 0.562. The highest BCUT2D eigenvalue weighted by molar-refractivity contribution is 7.18. The molecular weight excluding hydrogens is 268 g/mol. The van der Waals surface area contributed by atoms with Gasteiger partial charge in [-0.3, -0.25) is 0 Å². The van der Waals surface area contributed by atoms with E-state index in [9.17, 15) is 0 Å². The molecular formula is C16H22N2OS. The second-order valence-electron chi connectivity index (χ2n) is 5.35. The third-order valence-corrected chi connectivity index (χ3v) is 4.92. The van der Waals surface area contributed by atoms with Crippen molar-refractivity contribution in [1.82, 2.24) is 10.3 Å². The lowest BCUT2D eigenvalue weighted by Gasteiger charge is -2.30. The number of aromatic nitrogens is 1. The van der Waals surface area contributed by atoms with Gasteiger partial charge in [-0.2, -0.15) is 0 Å². The number of benzene rings is 1. The largest absolute Gasteiger partial charge is 0.377 e. The Morgan fingerprint density at radius 2 is 2.30 bits per heavy atom. The van der Waals surface area contributed by atoms with E-state index in [1.807, 2.05) is 11.3 Å². The third-order valence-electron chi connectivity index (χ3n) is 3.86. The zero-order valence-electron chi connectivity index (χ0n) is 12.0. The molecule has 2 aromatic rings. The van der Waals surface area contributed by atoms with Crippen LogP contribution in [0.25, 0.3) is 10.2 Å². The van der Waals surface area contributed by atoms with E-state index in [1.54, 1.807) is 0 Å². The molecule has 1 N–H and O–H groups in total. The molecule has 1 saturated heterocycles. The Hall–Kier alpha value is -0.970. The maximum absolute atomic E-state index is 5.95. The summed E-state index contributed by atoms with van der Waals surface area (Å²) < 4.78 is 7.23. The molecule has 20 heavy (non-hydrogen) atoms. The van der Waals surface area contributed by atoms with Crippen LogP contribution in [0.15, 0.2) is 24.3 Å². The smallest absolute Gasteiger partial charge is 0.0955 e. The molecule has 0 saturated carbocycles. The van der Waals surface area contributed by atoms with E-state index in [0.29, 0.717) is 12.1 Å². The molecule has 1 aliphatic heterocycles. The molecule has 0 amide bonds. The first-order chi connectivity index (χ1) is 9.86. The lowest BCUT2D eigenvalue weighted by molar-refractivity contribution is -0.00709. The van der Waals surface area contributed by atoms with Crippen LogP contribution in [-0.4, -0.2) is 30.3 Å². The summed E-state index contributed by atoms with van der Waals surface area (Å²) >= 11 is 1.81. The lowest BCUT2D eigenvalue weighted by Crippen LogP contribution is -2.44. The normalized spacial score (nSPS) is 21.1. The molecule has 1 aromatic carbocycles. The molecule has 3 nitrogen and oxygen atoms in total. The molecule has 0 bridgehead atoms. The zero-order valence-corrected chi connectivity index (χ0v) is 12.8. The lowest BCUT2D eigenvalue weighted by atomic mass is 10.00. The monoisotopic (exact) mass is 290 g/mol. The fourth-order valence-corrected chi connectivity index (χ4v) is 3.90. The van der Waals surface area contributed by atoms with Crippen LogP contribution in [0.3, 0.4) is 0 Å². The fourth-order valence-electron chi connectivity index (χ4n) is 2.88. The number of hydrogen-bond acceptors (Lipinski definition) is 4. The molecule has 1 aliphatic rings. The van der Waals surface area contributed by atoms with Gasteiger partial charge in [0.05, 0.1) is 21.3 Å². The van der Waals surface area contributed by atoms with Gasteiger partial charge in [-0.25, -0.2) is 4.98 Å². The van der Waals surface area contributed by atoms with Gasteiger partial charge in [0.25, 0.3) is 0 Å². The van der Waals surface area contributed by atoms with Gasteiger partial charge in [-0.05, 0) is 37.9 Å². The first-order valence-electron chi connectivity index (χ1n) is 7.56. The summed E-state index contributed by atoms with van der Waals surface area (Å²) in [6.45, 7) is 4.05. The van der Waals surface area contributed by atoms with E-state index in [0.717, 1.165) is 25.1 Å². The van der Waals surface area contributed by atoms with E-state index < -0.39 is 0 Å². The van der Waals surface area contributed by atoms with Crippen molar-refractivity contribution in [3.05, 3.63) is 29.3 Å². The Bertz CT molecular complexity index is 515. The molecule has 0 spiro atoms. The van der Waals surface area contributed by atoms with Crippen molar-refractivity contribution in [2.75, 3.05) is 13.2 Å². The molecule has 2 heterocycles. The van der Waals surface area contributed by atoms with Crippen LogP contribution in [0.2, 0.25) is 0 Å². The van der Waals surface area contributed by atoms with Crippen molar-refractivity contribution in [2.45, 2.75) is 44.8 Å². The van der Waals surface area contributed by atoms with Crippen LogP contribution in [-0.2, 0) is 11.2 Å². The van der Waals surface area contributed by atoms with Crippen molar-refractivity contribution < 1.29 is 4.74 Å². The second kappa shape index (κ2) is 6.66. The number of ether oxygens (including phenoxy) is 1. The van der Waals surface area contributed by atoms with Crippen molar-refractivity contribution >= 4 is 21.6 Å². The molecule has 108 valence electrons. The van der Waals surface area contributed by atoms with Crippen LogP contribution < -0.4 is 5.32 Å². The van der Waals surface area contributed by atoms with E-state index in [-0.39, 0.29) is 0 Å². The minimum absolute atomic E-state index is 0.343. The summed E-state index contributed by atoms with van der Waals surface area (Å²) in [5, 5.41) is 4.80. The quantitative estimate of drug-likeness (QED) is 0.916. The highest BCUT2D eigenvalue weighted by Gasteiger charge is 2.25. The maximum atomic E-state index is 5.95. The van der Waals surface area contributed by atoms with Gasteiger partial charge in [0.2, 0.25) is 0 Å². The van der Waals surface area contributed by atoms with Gasteiger partial charge in [-0.1, -0.05) is 19.1 Å². The summed E-state index contributed by atoms with van der Waals surface area (Å²) in [5.74, 6) is 0. The van der Waals surface area contributed by atoms with Gasteiger partial charge in [0, 0.05) is 19.1 Å². The standard InChI is InChI=1S/C16H22N2OS/c1-2-17-13(14-8-5-6-10-19-14)11-16-18-12-7-3-4-9-15(12)20-16/h3-4,7,9,13-14,17H,2,5-6,8,10-11H2,1H3. The number of nitrogens with zero attached hydrogens (tertiary/aromatic N) is 1. The second-order valence-corrected chi connectivity index (χ2v) is 6.46. The van der Waals surface area contributed by atoms with E-state index in [1.165, 1.54) is 29.0 Å². The average Bonchev–Trinajstić information content (AvgIpc) is 2.90. The van der Waals surface area contributed by atoms with Crippen LogP contribution in [0.5, 0.6) is 0 Å². The van der Waals surface area contributed by atoms with Crippen LogP contribution in [0.1, 0.15) is 31.2 Å². The molecule has 2 unspecified atom stereocenters. The molecule has 3 rings (SSSR count). The Labute approximate surface area is 124 Å². The van der Waals surface area contributed by atoms with Gasteiger partial charge < -0.3 is 10.1 Å². The summed E-state index contributed by atoms with van der Waals surface area (Å²) in [6.07, 6.45) is 4.97. The van der Waals surface area contributed by atoms with Crippen molar-refractivity contribution in [3.63, 3.8) is 0 Å².